The van der Waals surface area contributed by atoms with Gasteiger partial charge in [0.25, 0.3) is 5.56 Å². The molecule has 3 aromatic rings. The average Bonchev–Trinajstić information content (AvgIpc) is 3.11. The van der Waals surface area contributed by atoms with E-state index in [1.165, 1.54) is 23.1 Å². The number of rotatable bonds is 7. The molecule has 2 aromatic heterocycles. The number of nitrogens with one attached hydrogen (secondary N) is 1. The molecule has 0 unspecified atom stereocenters. The number of aromatic nitrogens is 2. The number of carbonyl (C=O) groups excluding carboxylic acids is 1. The van der Waals surface area contributed by atoms with Gasteiger partial charge in [0.15, 0.2) is 5.16 Å². The highest BCUT2D eigenvalue weighted by Gasteiger charge is 2.15. The molecule has 2 heterocycles. The average molecular weight is 404 g/mol. The summed E-state index contributed by atoms with van der Waals surface area (Å²) in [6.07, 6.45) is 0. The summed E-state index contributed by atoms with van der Waals surface area (Å²) >= 11 is 2.63. The fourth-order valence-electron chi connectivity index (χ4n) is 2.73. The third kappa shape index (κ3) is 4.40. The van der Waals surface area contributed by atoms with Gasteiger partial charge >= 0.3 is 0 Å². The Morgan fingerprint density at radius 2 is 2.04 bits per heavy atom. The number of ether oxygens (including phenoxy) is 1. The van der Waals surface area contributed by atoms with Crippen molar-refractivity contribution in [1.29, 1.82) is 0 Å². The maximum atomic E-state index is 12.7. The number of carbonyl (C=O) groups is 1. The van der Waals surface area contributed by atoms with Crippen LogP contribution in [-0.2, 0) is 16.1 Å². The number of hydrogen-bond acceptors (Lipinski definition) is 6. The Kier molecular flexibility index (Phi) is 6.30. The minimum Gasteiger partial charge on any atom is -0.383 e. The second kappa shape index (κ2) is 8.69. The first-order chi connectivity index (χ1) is 13.0. The number of aryl methyl sites for hydroxylation is 2. The van der Waals surface area contributed by atoms with Gasteiger partial charge in [-0.3, -0.25) is 14.2 Å². The Labute approximate surface area is 165 Å². The topological polar surface area (TPSA) is 73.2 Å². The molecular formula is C19H21N3O3S2. The molecule has 8 heteroatoms. The molecule has 27 heavy (non-hydrogen) atoms. The van der Waals surface area contributed by atoms with Gasteiger partial charge < -0.3 is 10.1 Å². The Balaban J connectivity index is 1.79. The standard InChI is InChI=1S/C19H21N3O3S2/c1-12-5-4-6-13(2)16(12)21-15(23)11-27-19-20-14-7-10-26-17(14)18(24)22(19)8-9-25-3/h4-7,10H,8-9,11H2,1-3H3,(H,21,23). The second-order valence-electron chi connectivity index (χ2n) is 6.08. The molecular weight excluding hydrogens is 382 g/mol. The van der Waals surface area contributed by atoms with E-state index in [-0.39, 0.29) is 17.2 Å². The third-order valence-corrected chi connectivity index (χ3v) is 6.00. The third-order valence-electron chi connectivity index (χ3n) is 4.13. The molecule has 3 rings (SSSR count). The quantitative estimate of drug-likeness (QED) is 0.483. The van der Waals surface area contributed by atoms with Crippen LogP contribution >= 0.6 is 23.1 Å². The van der Waals surface area contributed by atoms with E-state index in [1.807, 2.05) is 43.5 Å². The van der Waals surface area contributed by atoms with E-state index in [0.717, 1.165) is 16.8 Å². The van der Waals surface area contributed by atoms with Gasteiger partial charge in [0.2, 0.25) is 5.91 Å². The second-order valence-corrected chi connectivity index (χ2v) is 7.94. The zero-order valence-electron chi connectivity index (χ0n) is 15.4. The van der Waals surface area contributed by atoms with Gasteiger partial charge in [-0.1, -0.05) is 30.0 Å². The number of nitrogens with zero attached hydrogens (tertiary/aromatic N) is 2. The first kappa shape index (κ1) is 19.6. The Morgan fingerprint density at radius 1 is 1.30 bits per heavy atom. The largest absolute Gasteiger partial charge is 0.383 e. The van der Waals surface area contributed by atoms with Crippen molar-refractivity contribution in [3.8, 4) is 0 Å². The van der Waals surface area contributed by atoms with Crippen LogP contribution in [0.2, 0.25) is 0 Å². The first-order valence-electron chi connectivity index (χ1n) is 8.47. The fraction of sp³-hybridized carbons (Fsp3) is 0.316. The van der Waals surface area contributed by atoms with Gasteiger partial charge in [0.05, 0.1) is 24.4 Å². The van der Waals surface area contributed by atoms with Crippen molar-refractivity contribution in [3.05, 3.63) is 51.1 Å². The van der Waals surface area contributed by atoms with Crippen LogP contribution in [0.25, 0.3) is 10.2 Å². The maximum absolute atomic E-state index is 12.7. The highest BCUT2D eigenvalue weighted by atomic mass is 32.2. The molecule has 1 aromatic carbocycles. The van der Waals surface area contributed by atoms with E-state index in [0.29, 0.717) is 28.5 Å². The fourth-order valence-corrected chi connectivity index (χ4v) is 4.33. The van der Waals surface area contributed by atoms with Gasteiger partial charge in [0, 0.05) is 12.8 Å². The van der Waals surface area contributed by atoms with Crippen molar-refractivity contribution in [2.75, 3.05) is 24.8 Å². The predicted molar refractivity (Wildman–Crippen MR) is 111 cm³/mol. The summed E-state index contributed by atoms with van der Waals surface area (Å²) in [7, 11) is 1.59. The molecule has 0 spiro atoms. The maximum Gasteiger partial charge on any atom is 0.272 e. The number of thiophene rings is 1. The van der Waals surface area contributed by atoms with E-state index in [9.17, 15) is 9.59 Å². The summed E-state index contributed by atoms with van der Waals surface area (Å²) in [6, 6.07) is 7.71. The first-order valence-corrected chi connectivity index (χ1v) is 10.3. The number of benzene rings is 1. The van der Waals surface area contributed by atoms with Crippen LogP contribution in [0.15, 0.2) is 39.6 Å². The summed E-state index contributed by atoms with van der Waals surface area (Å²) < 4.78 is 7.31. The van der Waals surface area contributed by atoms with Crippen LogP contribution in [0.5, 0.6) is 0 Å². The van der Waals surface area contributed by atoms with E-state index < -0.39 is 0 Å². The highest BCUT2D eigenvalue weighted by Crippen LogP contribution is 2.23. The lowest BCUT2D eigenvalue weighted by Gasteiger charge is -2.13. The van der Waals surface area contributed by atoms with Crippen molar-refractivity contribution in [1.82, 2.24) is 9.55 Å². The Hall–Kier alpha value is -2.16. The summed E-state index contributed by atoms with van der Waals surface area (Å²) in [5.41, 5.74) is 3.44. The molecule has 1 N–H and O–H groups in total. The predicted octanol–water partition coefficient (Wildman–Crippen LogP) is 3.45. The van der Waals surface area contributed by atoms with Crippen molar-refractivity contribution >= 4 is 44.9 Å². The zero-order valence-corrected chi connectivity index (χ0v) is 17.1. The molecule has 0 aliphatic carbocycles. The van der Waals surface area contributed by atoms with Crippen molar-refractivity contribution in [2.45, 2.75) is 25.5 Å². The number of fused-ring (bicyclic) bond motifs is 1. The smallest absolute Gasteiger partial charge is 0.272 e. The Bertz CT molecular complexity index is 1010. The van der Waals surface area contributed by atoms with E-state index >= 15 is 0 Å². The summed E-state index contributed by atoms with van der Waals surface area (Å²) in [5.74, 6) is 0.0402. The van der Waals surface area contributed by atoms with Crippen LogP contribution in [0.1, 0.15) is 11.1 Å². The summed E-state index contributed by atoms with van der Waals surface area (Å²) in [6.45, 7) is 4.73. The molecule has 0 radical (unpaired) electrons. The number of amides is 1. The highest BCUT2D eigenvalue weighted by molar-refractivity contribution is 7.99. The van der Waals surface area contributed by atoms with Crippen LogP contribution in [0, 0.1) is 13.8 Å². The van der Waals surface area contributed by atoms with E-state index in [1.54, 1.807) is 11.7 Å². The number of thioether (sulfide) groups is 1. The van der Waals surface area contributed by atoms with Crippen LogP contribution in [-0.4, -0.2) is 34.9 Å². The minimum absolute atomic E-state index is 0.0929. The summed E-state index contributed by atoms with van der Waals surface area (Å²) in [5, 5.41) is 5.34. The van der Waals surface area contributed by atoms with Crippen LogP contribution in [0.3, 0.4) is 0 Å². The van der Waals surface area contributed by atoms with E-state index in [4.69, 9.17) is 4.74 Å². The van der Waals surface area contributed by atoms with Gasteiger partial charge in [-0.05, 0) is 36.4 Å². The molecule has 0 bridgehead atoms. The lowest BCUT2D eigenvalue weighted by Crippen LogP contribution is -2.25. The molecule has 0 atom stereocenters. The molecule has 6 nitrogen and oxygen atoms in total. The van der Waals surface area contributed by atoms with Gasteiger partial charge in [-0.15, -0.1) is 11.3 Å². The molecule has 0 saturated carbocycles. The molecule has 0 fully saturated rings. The SMILES string of the molecule is COCCn1c(SCC(=O)Nc2c(C)cccc2C)nc2ccsc2c1=O. The molecule has 0 aliphatic rings. The normalized spacial score (nSPS) is 11.1. The Morgan fingerprint density at radius 3 is 2.74 bits per heavy atom. The van der Waals surface area contributed by atoms with Crippen molar-refractivity contribution in [2.24, 2.45) is 0 Å². The van der Waals surface area contributed by atoms with Crippen molar-refractivity contribution < 1.29 is 9.53 Å². The molecule has 142 valence electrons. The number of para-hydroxylation sites is 1. The van der Waals surface area contributed by atoms with Crippen molar-refractivity contribution in [3.63, 3.8) is 0 Å². The number of anilines is 1. The molecule has 0 saturated heterocycles. The van der Waals surface area contributed by atoms with Gasteiger partial charge in [-0.2, -0.15) is 0 Å². The van der Waals surface area contributed by atoms with Gasteiger partial charge in [-0.25, -0.2) is 4.98 Å². The van der Waals surface area contributed by atoms with Gasteiger partial charge in [0.1, 0.15) is 4.70 Å². The van der Waals surface area contributed by atoms with Crippen LogP contribution in [0.4, 0.5) is 5.69 Å². The lowest BCUT2D eigenvalue weighted by molar-refractivity contribution is -0.113. The molecule has 1 amide bonds. The lowest BCUT2D eigenvalue weighted by atomic mass is 10.1. The molecule has 0 aliphatic heterocycles. The minimum atomic E-state index is -0.129. The summed E-state index contributed by atoms with van der Waals surface area (Å²) in [4.78, 5) is 29.7. The number of hydrogen-bond donors (Lipinski definition) is 1. The zero-order chi connectivity index (χ0) is 19.4. The number of methoxy groups -OCH3 is 1. The monoisotopic (exact) mass is 403 g/mol. The van der Waals surface area contributed by atoms with E-state index in [2.05, 4.69) is 10.3 Å². The van der Waals surface area contributed by atoms with Crippen LogP contribution < -0.4 is 10.9 Å².